The summed E-state index contributed by atoms with van der Waals surface area (Å²) in [5, 5.41) is 11.1. The second-order valence-corrected chi connectivity index (χ2v) is 4.00. The van der Waals surface area contributed by atoms with Gasteiger partial charge in [0.1, 0.15) is 5.56 Å². The van der Waals surface area contributed by atoms with E-state index >= 15 is 0 Å². The number of nitro groups is 1. The van der Waals surface area contributed by atoms with Crippen LogP contribution in [0.15, 0.2) is 24.4 Å². The van der Waals surface area contributed by atoms with Crippen LogP contribution in [0.1, 0.15) is 22.8 Å². The van der Waals surface area contributed by atoms with Crippen molar-refractivity contribution in [2.24, 2.45) is 0 Å². The molecule has 0 aromatic heterocycles. The van der Waals surface area contributed by atoms with Crippen LogP contribution in [-0.2, 0) is 4.74 Å². The quantitative estimate of drug-likeness (QED) is 0.463. The molecule has 19 heavy (non-hydrogen) atoms. The van der Waals surface area contributed by atoms with E-state index in [1.807, 2.05) is 0 Å². The Morgan fingerprint density at radius 2 is 2.16 bits per heavy atom. The molecule has 0 N–H and O–H groups in total. The minimum absolute atomic E-state index is 0.0345. The van der Waals surface area contributed by atoms with Crippen molar-refractivity contribution in [2.45, 2.75) is 6.92 Å². The van der Waals surface area contributed by atoms with Crippen LogP contribution in [0.5, 0.6) is 0 Å². The Kier molecular flexibility index (Phi) is 5.05. The van der Waals surface area contributed by atoms with Gasteiger partial charge in [0.2, 0.25) is 0 Å². The monoisotopic (exact) mass is 264 g/mol. The maximum Gasteiger partial charge on any atom is 0.345 e. The van der Waals surface area contributed by atoms with Gasteiger partial charge in [0.05, 0.1) is 17.1 Å². The van der Waals surface area contributed by atoms with E-state index in [-0.39, 0.29) is 17.9 Å². The van der Waals surface area contributed by atoms with Crippen LogP contribution < -0.4 is 0 Å². The van der Waals surface area contributed by atoms with Gasteiger partial charge in [-0.1, -0.05) is 6.07 Å². The van der Waals surface area contributed by atoms with Crippen molar-refractivity contribution < 1.29 is 14.5 Å². The van der Waals surface area contributed by atoms with E-state index in [1.165, 1.54) is 6.07 Å². The molecule has 0 atom stereocenters. The number of rotatable bonds is 5. The van der Waals surface area contributed by atoms with Gasteiger partial charge in [0.15, 0.2) is 0 Å². The van der Waals surface area contributed by atoms with E-state index in [1.54, 1.807) is 50.3 Å². The predicted octanol–water partition coefficient (Wildman–Crippen LogP) is 2.30. The van der Waals surface area contributed by atoms with Gasteiger partial charge in [-0.05, 0) is 31.3 Å². The third-order valence-corrected chi connectivity index (χ3v) is 2.30. The number of hydrogen-bond acceptors (Lipinski definition) is 5. The molecule has 0 spiro atoms. The molecule has 1 aromatic rings. The first-order valence-electron chi connectivity index (χ1n) is 5.76. The van der Waals surface area contributed by atoms with Crippen LogP contribution in [0.25, 0.3) is 6.08 Å². The summed E-state index contributed by atoms with van der Waals surface area (Å²) in [6, 6.07) is 4.57. The Labute approximate surface area is 111 Å². The zero-order chi connectivity index (χ0) is 14.4. The Bertz CT molecular complexity index is 509. The Hall–Kier alpha value is -2.37. The summed E-state index contributed by atoms with van der Waals surface area (Å²) in [6.45, 7) is 1.83. The first kappa shape index (κ1) is 14.7. The van der Waals surface area contributed by atoms with Crippen LogP contribution >= 0.6 is 0 Å². The van der Waals surface area contributed by atoms with Crippen molar-refractivity contribution in [3.8, 4) is 0 Å². The largest absolute Gasteiger partial charge is 0.462 e. The summed E-state index contributed by atoms with van der Waals surface area (Å²) in [5.74, 6) is -0.686. The third kappa shape index (κ3) is 3.80. The van der Waals surface area contributed by atoms with Gasteiger partial charge >= 0.3 is 5.97 Å². The normalized spacial score (nSPS) is 10.5. The van der Waals surface area contributed by atoms with Gasteiger partial charge in [-0.15, -0.1) is 0 Å². The van der Waals surface area contributed by atoms with Gasteiger partial charge in [0.25, 0.3) is 5.69 Å². The lowest BCUT2D eigenvalue weighted by Crippen LogP contribution is -2.09. The number of nitro benzene ring substituents is 1. The number of benzene rings is 1. The highest BCUT2D eigenvalue weighted by atomic mass is 16.6. The van der Waals surface area contributed by atoms with Crippen molar-refractivity contribution in [1.29, 1.82) is 0 Å². The van der Waals surface area contributed by atoms with Crippen LogP contribution in [0.2, 0.25) is 0 Å². The van der Waals surface area contributed by atoms with Gasteiger partial charge < -0.3 is 9.64 Å². The van der Waals surface area contributed by atoms with E-state index < -0.39 is 10.9 Å². The molecule has 0 amide bonds. The molecule has 102 valence electrons. The molecule has 0 saturated heterocycles. The summed E-state index contributed by atoms with van der Waals surface area (Å²) >= 11 is 0. The maximum atomic E-state index is 11.7. The zero-order valence-corrected chi connectivity index (χ0v) is 11.1. The second kappa shape index (κ2) is 6.53. The van der Waals surface area contributed by atoms with E-state index in [0.29, 0.717) is 5.56 Å². The van der Waals surface area contributed by atoms with Crippen molar-refractivity contribution in [3.05, 3.63) is 45.6 Å². The van der Waals surface area contributed by atoms with Crippen LogP contribution in [0.4, 0.5) is 5.69 Å². The van der Waals surface area contributed by atoms with Crippen molar-refractivity contribution in [1.82, 2.24) is 4.90 Å². The molecule has 0 aliphatic rings. The summed E-state index contributed by atoms with van der Waals surface area (Å²) in [7, 11) is 3.61. The maximum absolute atomic E-state index is 11.7. The molecule has 0 heterocycles. The average Bonchev–Trinajstić information content (AvgIpc) is 2.35. The van der Waals surface area contributed by atoms with Crippen LogP contribution in [0.3, 0.4) is 0 Å². The fourth-order valence-corrected chi connectivity index (χ4v) is 1.50. The van der Waals surface area contributed by atoms with Gasteiger partial charge in [0, 0.05) is 14.1 Å². The van der Waals surface area contributed by atoms with E-state index in [9.17, 15) is 14.9 Å². The minimum Gasteiger partial charge on any atom is -0.462 e. The summed E-state index contributed by atoms with van der Waals surface area (Å²) in [4.78, 5) is 24.0. The molecule has 0 saturated carbocycles. The molecule has 0 fully saturated rings. The predicted molar refractivity (Wildman–Crippen MR) is 71.8 cm³/mol. The Morgan fingerprint density at radius 1 is 1.47 bits per heavy atom. The van der Waals surface area contributed by atoms with Crippen molar-refractivity contribution >= 4 is 17.7 Å². The van der Waals surface area contributed by atoms with Gasteiger partial charge in [-0.25, -0.2) is 4.79 Å². The molecule has 0 aliphatic carbocycles. The standard InChI is InChI=1S/C13H16N2O4/c1-4-19-13(16)11-7-5-6-10(8-9-14(2)3)12(11)15(17)18/h5-9H,4H2,1-3H3/b9-8+. The first-order chi connectivity index (χ1) is 8.97. The van der Waals surface area contributed by atoms with Crippen molar-refractivity contribution in [3.63, 3.8) is 0 Å². The highest BCUT2D eigenvalue weighted by Crippen LogP contribution is 2.25. The fourth-order valence-electron chi connectivity index (χ4n) is 1.50. The number of para-hydroxylation sites is 1. The summed E-state index contributed by atoms with van der Waals surface area (Å²) < 4.78 is 4.82. The number of esters is 1. The number of nitrogens with zero attached hydrogens (tertiary/aromatic N) is 2. The minimum atomic E-state index is -0.686. The molecule has 0 radical (unpaired) electrons. The van der Waals surface area contributed by atoms with E-state index in [4.69, 9.17) is 4.74 Å². The molecule has 0 bridgehead atoms. The molecular formula is C13H16N2O4. The number of carbonyl (C=O) groups is 1. The van der Waals surface area contributed by atoms with Crippen LogP contribution in [-0.4, -0.2) is 36.5 Å². The molecule has 6 heteroatoms. The van der Waals surface area contributed by atoms with E-state index in [2.05, 4.69) is 0 Å². The number of ether oxygens (including phenoxy) is 1. The molecule has 0 aliphatic heterocycles. The molecule has 6 nitrogen and oxygen atoms in total. The van der Waals surface area contributed by atoms with Crippen LogP contribution in [0, 0.1) is 10.1 Å². The second-order valence-electron chi connectivity index (χ2n) is 4.00. The third-order valence-electron chi connectivity index (χ3n) is 2.30. The van der Waals surface area contributed by atoms with Crippen molar-refractivity contribution in [2.75, 3.05) is 20.7 Å². The Balaban J connectivity index is 3.30. The highest BCUT2D eigenvalue weighted by molar-refractivity contribution is 5.95. The SMILES string of the molecule is CCOC(=O)c1cccc(/C=C/N(C)C)c1[N+](=O)[O-]. The molecular weight excluding hydrogens is 248 g/mol. The summed E-state index contributed by atoms with van der Waals surface area (Å²) in [6.07, 6.45) is 3.26. The molecule has 1 aromatic carbocycles. The Morgan fingerprint density at radius 3 is 2.68 bits per heavy atom. The smallest absolute Gasteiger partial charge is 0.345 e. The first-order valence-corrected chi connectivity index (χ1v) is 5.76. The molecule has 1 rings (SSSR count). The molecule has 0 unspecified atom stereocenters. The number of carbonyl (C=O) groups excluding carboxylic acids is 1. The zero-order valence-electron chi connectivity index (χ0n) is 11.1. The number of hydrogen-bond donors (Lipinski definition) is 0. The lowest BCUT2D eigenvalue weighted by Gasteiger charge is -2.06. The lowest BCUT2D eigenvalue weighted by atomic mass is 10.1. The lowest BCUT2D eigenvalue weighted by molar-refractivity contribution is -0.385. The fraction of sp³-hybridized carbons (Fsp3) is 0.308. The van der Waals surface area contributed by atoms with Gasteiger partial charge in [-0.2, -0.15) is 0 Å². The average molecular weight is 264 g/mol. The summed E-state index contributed by atoms with van der Waals surface area (Å²) in [5.41, 5.74) is 0.0936. The topological polar surface area (TPSA) is 72.7 Å². The van der Waals surface area contributed by atoms with E-state index in [0.717, 1.165) is 0 Å². The highest BCUT2D eigenvalue weighted by Gasteiger charge is 2.24. The van der Waals surface area contributed by atoms with Gasteiger partial charge in [-0.3, -0.25) is 10.1 Å².